The minimum Gasteiger partial charge on any atom is -0.326 e. The Morgan fingerprint density at radius 1 is 1.31 bits per heavy atom. The highest BCUT2D eigenvalue weighted by atomic mass is 32.2. The molecule has 0 saturated heterocycles. The average Bonchev–Trinajstić information content (AvgIpc) is 2.26. The van der Waals surface area contributed by atoms with Crippen LogP contribution in [0.1, 0.15) is 19.8 Å². The topological polar surface area (TPSA) is 46.2 Å². The number of hydrogen-bond donors (Lipinski definition) is 1. The van der Waals surface area contributed by atoms with E-state index < -0.39 is 0 Å². The van der Waals surface area contributed by atoms with Crippen LogP contribution >= 0.6 is 11.8 Å². The standard InChI is InChI=1S/C12H15NO2S/c1-9(14)6-7-12(15)13-10-4-3-5-11(8-10)16-2/h3-5,8H,6-7H2,1-2H3,(H,13,15). The fourth-order valence-electron chi connectivity index (χ4n) is 1.21. The molecule has 0 saturated carbocycles. The van der Waals surface area contributed by atoms with Gasteiger partial charge in [-0.05, 0) is 31.4 Å². The Hall–Kier alpha value is -1.29. The molecule has 0 aliphatic heterocycles. The molecule has 1 amide bonds. The van der Waals surface area contributed by atoms with Crippen LogP contribution in [-0.2, 0) is 9.59 Å². The first-order chi connectivity index (χ1) is 7.61. The number of Topliss-reactive ketones (excluding diaryl/α,β-unsaturated/α-hetero) is 1. The average molecular weight is 237 g/mol. The zero-order valence-corrected chi connectivity index (χ0v) is 10.3. The molecule has 0 aliphatic rings. The van der Waals surface area contributed by atoms with Crippen molar-refractivity contribution in [3.05, 3.63) is 24.3 Å². The number of carbonyl (C=O) groups excluding carboxylic acids is 2. The summed E-state index contributed by atoms with van der Waals surface area (Å²) in [4.78, 5) is 23.3. The highest BCUT2D eigenvalue weighted by Crippen LogP contribution is 2.19. The second-order valence-electron chi connectivity index (χ2n) is 3.48. The summed E-state index contributed by atoms with van der Waals surface area (Å²) in [5, 5.41) is 2.77. The van der Waals surface area contributed by atoms with Crippen molar-refractivity contribution < 1.29 is 9.59 Å². The predicted octanol–water partition coefficient (Wildman–Crippen LogP) is 2.72. The summed E-state index contributed by atoms with van der Waals surface area (Å²) in [6.07, 6.45) is 2.53. The van der Waals surface area contributed by atoms with Crippen LogP contribution in [0.2, 0.25) is 0 Å². The largest absolute Gasteiger partial charge is 0.326 e. The lowest BCUT2D eigenvalue weighted by Crippen LogP contribution is -2.12. The number of rotatable bonds is 5. The zero-order chi connectivity index (χ0) is 12.0. The van der Waals surface area contributed by atoms with Crippen LogP contribution in [0.4, 0.5) is 5.69 Å². The molecule has 1 N–H and O–H groups in total. The first-order valence-electron chi connectivity index (χ1n) is 5.05. The Morgan fingerprint density at radius 3 is 2.69 bits per heavy atom. The molecule has 0 fully saturated rings. The van der Waals surface area contributed by atoms with Crippen molar-refractivity contribution in [2.45, 2.75) is 24.7 Å². The summed E-state index contributed by atoms with van der Waals surface area (Å²) in [6, 6.07) is 7.63. The molecule has 4 heteroatoms. The number of anilines is 1. The van der Waals surface area contributed by atoms with Crippen LogP contribution in [0.25, 0.3) is 0 Å². The first kappa shape index (κ1) is 12.8. The quantitative estimate of drug-likeness (QED) is 0.801. The summed E-state index contributed by atoms with van der Waals surface area (Å²) in [5.74, 6) is -0.0820. The lowest BCUT2D eigenvalue weighted by atomic mass is 10.2. The smallest absolute Gasteiger partial charge is 0.224 e. The van der Waals surface area contributed by atoms with Gasteiger partial charge < -0.3 is 10.1 Å². The van der Waals surface area contributed by atoms with E-state index in [9.17, 15) is 9.59 Å². The van der Waals surface area contributed by atoms with E-state index in [-0.39, 0.29) is 18.1 Å². The van der Waals surface area contributed by atoms with Crippen molar-refractivity contribution in [1.82, 2.24) is 0 Å². The number of carbonyl (C=O) groups is 2. The van der Waals surface area contributed by atoms with Crippen LogP contribution in [0, 0.1) is 0 Å². The van der Waals surface area contributed by atoms with Crippen LogP contribution in [0.15, 0.2) is 29.2 Å². The fraction of sp³-hybridized carbons (Fsp3) is 0.333. The van der Waals surface area contributed by atoms with Gasteiger partial charge in [-0.25, -0.2) is 0 Å². The van der Waals surface area contributed by atoms with Gasteiger partial charge in [0.25, 0.3) is 0 Å². The molecule has 0 heterocycles. The van der Waals surface area contributed by atoms with E-state index in [4.69, 9.17) is 0 Å². The normalized spacial score (nSPS) is 9.88. The summed E-state index contributed by atoms with van der Waals surface area (Å²) in [5.41, 5.74) is 0.778. The van der Waals surface area contributed by atoms with Crippen LogP contribution in [0.5, 0.6) is 0 Å². The second-order valence-corrected chi connectivity index (χ2v) is 4.36. The molecule has 1 rings (SSSR count). The van der Waals surface area contributed by atoms with Crippen molar-refractivity contribution in [2.24, 2.45) is 0 Å². The van der Waals surface area contributed by atoms with Crippen molar-refractivity contribution in [1.29, 1.82) is 0 Å². The summed E-state index contributed by atoms with van der Waals surface area (Å²) < 4.78 is 0. The van der Waals surface area contributed by atoms with Gasteiger partial charge in [0.05, 0.1) is 0 Å². The molecule has 86 valence electrons. The molecule has 0 spiro atoms. The van der Waals surface area contributed by atoms with Gasteiger partial charge >= 0.3 is 0 Å². The van der Waals surface area contributed by atoms with Crippen molar-refractivity contribution in [3.8, 4) is 0 Å². The van der Waals surface area contributed by atoms with Crippen molar-refractivity contribution >= 4 is 29.1 Å². The minimum atomic E-state index is -0.117. The third-order valence-electron chi connectivity index (χ3n) is 2.06. The number of thioether (sulfide) groups is 1. The second kappa shape index (κ2) is 6.33. The molecular weight excluding hydrogens is 222 g/mol. The Bertz CT molecular complexity index is 390. The summed E-state index contributed by atoms with van der Waals surface area (Å²) in [7, 11) is 0. The lowest BCUT2D eigenvalue weighted by Gasteiger charge is -2.05. The van der Waals surface area contributed by atoms with Gasteiger partial charge in [0, 0.05) is 23.4 Å². The van der Waals surface area contributed by atoms with Gasteiger partial charge in [-0.3, -0.25) is 4.79 Å². The summed E-state index contributed by atoms with van der Waals surface area (Å²) >= 11 is 1.62. The fourth-order valence-corrected chi connectivity index (χ4v) is 1.67. The van der Waals surface area contributed by atoms with E-state index in [1.165, 1.54) is 6.92 Å². The lowest BCUT2D eigenvalue weighted by molar-refractivity contribution is -0.121. The van der Waals surface area contributed by atoms with Gasteiger partial charge in [0.15, 0.2) is 0 Å². The van der Waals surface area contributed by atoms with Crippen LogP contribution in [0.3, 0.4) is 0 Å². The monoisotopic (exact) mass is 237 g/mol. The van der Waals surface area contributed by atoms with Gasteiger partial charge in [-0.15, -0.1) is 11.8 Å². The molecule has 3 nitrogen and oxygen atoms in total. The molecule has 0 atom stereocenters. The number of nitrogens with one attached hydrogen (secondary N) is 1. The van der Waals surface area contributed by atoms with E-state index in [1.54, 1.807) is 11.8 Å². The van der Waals surface area contributed by atoms with Crippen molar-refractivity contribution in [2.75, 3.05) is 11.6 Å². The molecule has 0 unspecified atom stereocenters. The van der Waals surface area contributed by atoms with Crippen LogP contribution in [-0.4, -0.2) is 17.9 Å². The minimum absolute atomic E-state index is 0.0352. The molecule has 0 aliphatic carbocycles. The van der Waals surface area contributed by atoms with E-state index >= 15 is 0 Å². The maximum Gasteiger partial charge on any atom is 0.224 e. The third kappa shape index (κ3) is 4.49. The highest BCUT2D eigenvalue weighted by molar-refractivity contribution is 7.98. The van der Waals surface area contributed by atoms with E-state index in [0.717, 1.165) is 10.6 Å². The predicted molar refractivity (Wildman–Crippen MR) is 66.8 cm³/mol. The maximum atomic E-state index is 11.4. The van der Waals surface area contributed by atoms with Gasteiger partial charge in [-0.1, -0.05) is 6.07 Å². The Kier molecular flexibility index (Phi) is 5.05. The molecule has 0 bridgehead atoms. The van der Waals surface area contributed by atoms with Crippen molar-refractivity contribution in [3.63, 3.8) is 0 Å². The summed E-state index contributed by atoms with van der Waals surface area (Å²) in [6.45, 7) is 1.49. The van der Waals surface area contributed by atoms with E-state index in [1.807, 2.05) is 30.5 Å². The first-order valence-corrected chi connectivity index (χ1v) is 6.27. The molecule has 16 heavy (non-hydrogen) atoms. The SMILES string of the molecule is CSc1cccc(NC(=O)CCC(C)=O)c1. The van der Waals surface area contributed by atoms with Crippen LogP contribution < -0.4 is 5.32 Å². The molecule has 0 aromatic heterocycles. The number of amides is 1. The number of ketones is 1. The van der Waals surface area contributed by atoms with Gasteiger partial charge in [-0.2, -0.15) is 0 Å². The zero-order valence-electron chi connectivity index (χ0n) is 9.45. The number of hydrogen-bond acceptors (Lipinski definition) is 3. The van der Waals surface area contributed by atoms with E-state index in [0.29, 0.717) is 6.42 Å². The maximum absolute atomic E-state index is 11.4. The Labute approximate surface area is 99.6 Å². The number of benzene rings is 1. The van der Waals surface area contributed by atoms with E-state index in [2.05, 4.69) is 5.32 Å². The molecule has 1 aromatic carbocycles. The molecular formula is C12H15NO2S. The highest BCUT2D eigenvalue weighted by Gasteiger charge is 2.04. The molecule has 0 radical (unpaired) electrons. The Morgan fingerprint density at radius 2 is 2.06 bits per heavy atom. The van der Waals surface area contributed by atoms with Gasteiger partial charge in [0.2, 0.25) is 5.91 Å². The van der Waals surface area contributed by atoms with Gasteiger partial charge in [0.1, 0.15) is 5.78 Å². The molecule has 1 aromatic rings. The third-order valence-corrected chi connectivity index (χ3v) is 2.78. The Balaban J connectivity index is 2.52.